The zero-order chi connectivity index (χ0) is 25.8. The van der Waals surface area contributed by atoms with Crippen LogP contribution in [0.25, 0.3) is 6.08 Å². The molecule has 11 heteroatoms. The van der Waals surface area contributed by atoms with Crippen molar-refractivity contribution < 1.29 is 28.3 Å². The van der Waals surface area contributed by atoms with E-state index in [1.807, 2.05) is 13.0 Å². The van der Waals surface area contributed by atoms with Crippen LogP contribution in [0.4, 0.5) is 4.79 Å². The van der Waals surface area contributed by atoms with Gasteiger partial charge in [-0.25, -0.2) is 4.79 Å². The Morgan fingerprint density at radius 1 is 1.08 bits per heavy atom. The van der Waals surface area contributed by atoms with Crippen LogP contribution < -0.4 is 14.8 Å². The maximum atomic E-state index is 13.0. The number of nitrogens with one attached hydrogen (secondary N) is 1. The average Bonchev–Trinajstić information content (AvgIpc) is 3.35. The summed E-state index contributed by atoms with van der Waals surface area (Å²) in [7, 11) is 0. The second kappa shape index (κ2) is 11.4. The molecule has 1 saturated heterocycles. The standard InChI is InChI=1S/C25H19Cl2IN2O6/c1-2-34-21-11-15(10-20(28)22(21)36-13-14-5-6-18(26)19(27)9-14)8-17-23(31)29-25(33)30(24(17)32)12-16-4-3-7-35-16/h3-11H,2,12-13H2,1H3,(H,29,31,33)/b17-8+. The molecule has 0 unspecified atom stereocenters. The Hall–Kier alpha value is -3.02. The molecule has 0 radical (unpaired) electrons. The number of hydrogen-bond acceptors (Lipinski definition) is 6. The maximum absolute atomic E-state index is 13.0. The Labute approximate surface area is 230 Å². The van der Waals surface area contributed by atoms with Gasteiger partial charge >= 0.3 is 6.03 Å². The molecule has 1 aliphatic heterocycles. The van der Waals surface area contributed by atoms with Crippen LogP contribution in [0.3, 0.4) is 0 Å². The van der Waals surface area contributed by atoms with Gasteiger partial charge in [0.15, 0.2) is 11.5 Å². The Kier molecular flexibility index (Phi) is 8.22. The predicted octanol–water partition coefficient (Wildman–Crippen LogP) is 5.83. The minimum Gasteiger partial charge on any atom is -0.490 e. The van der Waals surface area contributed by atoms with Crippen molar-refractivity contribution in [2.45, 2.75) is 20.1 Å². The number of amides is 4. The molecule has 186 valence electrons. The zero-order valence-electron chi connectivity index (χ0n) is 18.8. The lowest BCUT2D eigenvalue weighted by atomic mass is 10.1. The SMILES string of the molecule is CCOc1cc(/C=C2\C(=O)NC(=O)N(Cc3ccco3)C2=O)cc(I)c1OCc1ccc(Cl)c(Cl)c1. The summed E-state index contributed by atoms with van der Waals surface area (Å²) < 4.78 is 17.7. The molecule has 1 fully saturated rings. The average molecular weight is 641 g/mol. The molecule has 1 N–H and O–H groups in total. The van der Waals surface area contributed by atoms with Crippen LogP contribution in [0.1, 0.15) is 23.8 Å². The van der Waals surface area contributed by atoms with E-state index in [4.69, 9.17) is 37.1 Å². The smallest absolute Gasteiger partial charge is 0.331 e. The number of benzene rings is 2. The number of urea groups is 1. The molecular weight excluding hydrogens is 622 g/mol. The van der Waals surface area contributed by atoms with E-state index >= 15 is 0 Å². The molecule has 1 aromatic heterocycles. The number of imide groups is 2. The summed E-state index contributed by atoms with van der Waals surface area (Å²) >= 11 is 14.2. The molecule has 0 bridgehead atoms. The minimum atomic E-state index is -0.811. The molecule has 1 aliphatic rings. The number of nitrogens with zero attached hydrogens (tertiary/aromatic N) is 1. The quantitative estimate of drug-likeness (QED) is 0.189. The van der Waals surface area contributed by atoms with Crippen LogP contribution in [0.2, 0.25) is 10.0 Å². The van der Waals surface area contributed by atoms with Crippen LogP contribution in [0, 0.1) is 3.57 Å². The van der Waals surface area contributed by atoms with Gasteiger partial charge in [-0.1, -0.05) is 29.3 Å². The summed E-state index contributed by atoms with van der Waals surface area (Å²) in [5.74, 6) is -0.172. The van der Waals surface area contributed by atoms with Gasteiger partial charge < -0.3 is 13.9 Å². The number of halogens is 3. The summed E-state index contributed by atoms with van der Waals surface area (Å²) in [5.41, 5.74) is 1.15. The lowest BCUT2D eigenvalue weighted by molar-refractivity contribution is -0.130. The number of barbiturate groups is 1. The summed E-state index contributed by atoms with van der Waals surface area (Å²) in [6.07, 6.45) is 2.85. The minimum absolute atomic E-state index is 0.106. The summed E-state index contributed by atoms with van der Waals surface area (Å²) in [4.78, 5) is 38.7. The Morgan fingerprint density at radius 2 is 1.89 bits per heavy atom. The van der Waals surface area contributed by atoms with Gasteiger partial charge in [0.05, 0.1) is 33.0 Å². The summed E-state index contributed by atoms with van der Waals surface area (Å²) in [5, 5.41) is 3.07. The van der Waals surface area contributed by atoms with Crippen molar-refractivity contribution in [3.05, 3.63) is 84.8 Å². The van der Waals surface area contributed by atoms with Crippen molar-refractivity contribution in [1.82, 2.24) is 10.2 Å². The number of carbonyl (C=O) groups excluding carboxylic acids is 3. The third-order valence-corrected chi connectivity index (χ3v) is 6.63. The van der Waals surface area contributed by atoms with E-state index in [0.717, 1.165) is 10.5 Å². The largest absolute Gasteiger partial charge is 0.490 e. The Morgan fingerprint density at radius 3 is 2.58 bits per heavy atom. The van der Waals surface area contributed by atoms with E-state index in [-0.39, 0.29) is 18.7 Å². The second-order valence-corrected chi connectivity index (χ2v) is 9.56. The van der Waals surface area contributed by atoms with Crippen LogP contribution in [0.5, 0.6) is 11.5 Å². The van der Waals surface area contributed by atoms with Crippen LogP contribution in [-0.2, 0) is 22.7 Å². The first kappa shape index (κ1) is 26.1. The van der Waals surface area contributed by atoms with E-state index in [0.29, 0.717) is 43.0 Å². The van der Waals surface area contributed by atoms with E-state index in [1.165, 1.54) is 12.3 Å². The Balaban J connectivity index is 1.61. The zero-order valence-corrected chi connectivity index (χ0v) is 22.5. The van der Waals surface area contributed by atoms with Gasteiger partial charge in [-0.3, -0.25) is 19.8 Å². The molecule has 4 rings (SSSR count). The topological polar surface area (TPSA) is 98.1 Å². The number of hydrogen-bond donors (Lipinski definition) is 1. The first-order valence-electron chi connectivity index (χ1n) is 10.7. The third kappa shape index (κ3) is 5.85. The van der Waals surface area contributed by atoms with Gasteiger partial charge in [0.25, 0.3) is 11.8 Å². The van der Waals surface area contributed by atoms with Gasteiger partial charge in [-0.05, 0) is 83.1 Å². The fraction of sp³-hybridized carbons (Fsp3) is 0.160. The van der Waals surface area contributed by atoms with E-state index in [9.17, 15) is 14.4 Å². The van der Waals surface area contributed by atoms with Crippen molar-refractivity contribution in [3.63, 3.8) is 0 Å². The fourth-order valence-electron chi connectivity index (χ4n) is 3.42. The molecule has 2 heterocycles. The molecule has 36 heavy (non-hydrogen) atoms. The van der Waals surface area contributed by atoms with Gasteiger partial charge in [-0.15, -0.1) is 0 Å². The second-order valence-electron chi connectivity index (χ2n) is 7.59. The molecule has 0 atom stereocenters. The van der Waals surface area contributed by atoms with Crippen molar-refractivity contribution in [3.8, 4) is 11.5 Å². The highest BCUT2D eigenvalue weighted by molar-refractivity contribution is 14.1. The molecule has 0 saturated carbocycles. The summed E-state index contributed by atoms with van der Waals surface area (Å²) in [6.45, 7) is 2.31. The first-order chi connectivity index (χ1) is 17.3. The number of furan rings is 1. The number of ether oxygens (including phenoxy) is 2. The summed E-state index contributed by atoms with van der Waals surface area (Å²) in [6, 6.07) is 11.1. The molecule has 0 spiro atoms. The van der Waals surface area contributed by atoms with Crippen molar-refractivity contribution in [2.75, 3.05) is 6.61 Å². The molecule has 0 aliphatic carbocycles. The van der Waals surface area contributed by atoms with Crippen LogP contribution >= 0.6 is 45.8 Å². The third-order valence-electron chi connectivity index (χ3n) is 5.09. The van der Waals surface area contributed by atoms with E-state index in [1.54, 1.807) is 36.4 Å². The molecule has 3 aromatic rings. The highest BCUT2D eigenvalue weighted by Crippen LogP contribution is 2.36. The highest BCUT2D eigenvalue weighted by Gasteiger charge is 2.36. The van der Waals surface area contributed by atoms with Gasteiger partial charge in [0.1, 0.15) is 17.9 Å². The predicted molar refractivity (Wildman–Crippen MR) is 142 cm³/mol. The fourth-order valence-corrected chi connectivity index (χ4v) is 4.52. The molecule has 4 amide bonds. The van der Waals surface area contributed by atoms with Crippen molar-refractivity contribution in [1.29, 1.82) is 0 Å². The Bertz CT molecular complexity index is 1360. The highest BCUT2D eigenvalue weighted by atomic mass is 127. The monoisotopic (exact) mass is 640 g/mol. The molecule has 2 aromatic carbocycles. The lowest BCUT2D eigenvalue weighted by Crippen LogP contribution is -2.53. The van der Waals surface area contributed by atoms with Crippen LogP contribution in [-0.4, -0.2) is 29.4 Å². The van der Waals surface area contributed by atoms with Gasteiger partial charge in [0.2, 0.25) is 0 Å². The van der Waals surface area contributed by atoms with Crippen molar-refractivity contribution in [2.24, 2.45) is 0 Å². The molecule has 8 nitrogen and oxygen atoms in total. The van der Waals surface area contributed by atoms with Gasteiger partial charge in [0, 0.05) is 0 Å². The van der Waals surface area contributed by atoms with Crippen LogP contribution in [0.15, 0.2) is 58.7 Å². The van der Waals surface area contributed by atoms with E-state index < -0.39 is 17.8 Å². The maximum Gasteiger partial charge on any atom is 0.331 e. The lowest BCUT2D eigenvalue weighted by Gasteiger charge is -2.25. The van der Waals surface area contributed by atoms with Gasteiger partial charge in [-0.2, -0.15) is 0 Å². The van der Waals surface area contributed by atoms with Crippen molar-refractivity contribution >= 4 is 69.7 Å². The van der Waals surface area contributed by atoms with E-state index in [2.05, 4.69) is 27.9 Å². The first-order valence-corrected chi connectivity index (χ1v) is 12.5. The normalized spacial score (nSPS) is 14.8. The number of rotatable bonds is 8. The number of carbonyl (C=O) groups is 3. The molecular formula is C25H19Cl2IN2O6.